The average Bonchev–Trinajstić information content (AvgIpc) is 2.87. The first-order valence-electron chi connectivity index (χ1n) is 7.48. The molecule has 0 bridgehead atoms. The van der Waals surface area contributed by atoms with Crippen molar-refractivity contribution in [2.75, 3.05) is 19.6 Å². The Labute approximate surface area is 110 Å². The number of rotatable bonds is 4. The van der Waals surface area contributed by atoms with Crippen LogP contribution in [0.2, 0.25) is 0 Å². The van der Waals surface area contributed by atoms with Crippen LogP contribution >= 0.6 is 0 Å². The van der Waals surface area contributed by atoms with Gasteiger partial charge in [-0.05, 0) is 57.5 Å². The van der Waals surface area contributed by atoms with Crippen LogP contribution in [0.4, 0.5) is 0 Å². The summed E-state index contributed by atoms with van der Waals surface area (Å²) in [6.45, 7) is 2.27. The zero-order valence-corrected chi connectivity index (χ0v) is 11.3. The lowest BCUT2D eigenvalue weighted by Gasteiger charge is -2.38. The second-order valence-electron chi connectivity index (χ2n) is 5.79. The molecule has 2 fully saturated rings. The first kappa shape index (κ1) is 13.8. The van der Waals surface area contributed by atoms with E-state index in [0.717, 1.165) is 45.1 Å². The highest BCUT2D eigenvalue weighted by molar-refractivity contribution is 5.80. The minimum atomic E-state index is 0.188. The van der Waals surface area contributed by atoms with Crippen LogP contribution in [0.15, 0.2) is 0 Å². The van der Waals surface area contributed by atoms with Crippen LogP contribution in [0, 0.1) is 11.8 Å². The van der Waals surface area contributed by atoms with E-state index in [9.17, 15) is 4.79 Å². The van der Waals surface area contributed by atoms with Gasteiger partial charge in [-0.25, -0.2) is 0 Å². The number of nitrogens with two attached hydrogens (primary N) is 2. The van der Waals surface area contributed by atoms with Crippen LogP contribution in [0.3, 0.4) is 0 Å². The maximum atomic E-state index is 12.7. The summed E-state index contributed by atoms with van der Waals surface area (Å²) in [4.78, 5) is 14.8. The molecule has 0 aromatic carbocycles. The van der Waals surface area contributed by atoms with E-state index in [0.29, 0.717) is 31.0 Å². The van der Waals surface area contributed by atoms with E-state index in [1.807, 2.05) is 0 Å². The Hall–Kier alpha value is -0.610. The van der Waals surface area contributed by atoms with Crippen LogP contribution in [-0.4, -0.2) is 36.5 Å². The molecule has 0 radical (unpaired) electrons. The fourth-order valence-electron chi connectivity index (χ4n) is 3.64. The van der Waals surface area contributed by atoms with Crippen molar-refractivity contribution in [3.05, 3.63) is 0 Å². The van der Waals surface area contributed by atoms with Crippen molar-refractivity contribution in [1.29, 1.82) is 0 Å². The second kappa shape index (κ2) is 6.53. The molecular weight excluding hydrogens is 226 g/mol. The van der Waals surface area contributed by atoms with Gasteiger partial charge in [-0.15, -0.1) is 0 Å². The van der Waals surface area contributed by atoms with Gasteiger partial charge in [0.1, 0.15) is 0 Å². The molecule has 4 N–H and O–H groups in total. The highest BCUT2D eigenvalue weighted by Gasteiger charge is 2.37. The molecule has 1 aliphatic heterocycles. The van der Waals surface area contributed by atoms with E-state index in [-0.39, 0.29) is 5.92 Å². The number of amides is 1. The Morgan fingerprint density at radius 3 is 2.67 bits per heavy atom. The minimum absolute atomic E-state index is 0.188. The molecule has 3 atom stereocenters. The van der Waals surface area contributed by atoms with Gasteiger partial charge in [0.2, 0.25) is 5.91 Å². The van der Waals surface area contributed by atoms with Gasteiger partial charge >= 0.3 is 0 Å². The largest absolute Gasteiger partial charge is 0.339 e. The van der Waals surface area contributed by atoms with Crippen LogP contribution in [-0.2, 0) is 4.79 Å². The van der Waals surface area contributed by atoms with Crippen LogP contribution < -0.4 is 11.5 Å². The summed E-state index contributed by atoms with van der Waals surface area (Å²) >= 11 is 0. The van der Waals surface area contributed by atoms with Gasteiger partial charge < -0.3 is 16.4 Å². The number of hydrogen-bond acceptors (Lipinski definition) is 3. The first-order chi connectivity index (χ1) is 8.77. The van der Waals surface area contributed by atoms with E-state index < -0.39 is 0 Å². The third kappa shape index (κ3) is 2.86. The van der Waals surface area contributed by atoms with E-state index in [4.69, 9.17) is 11.5 Å². The van der Waals surface area contributed by atoms with Crippen molar-refractivity contribution in [2.45, 2.75) is 51.0 Å². The molecule has 0 aromatic heterocycles. The van der Waals surface area contributed by atoms with Crippen molar-refractivity contribution >= 4 is 5.91 Å². The SMILES string of the molecule is NCCC1CCCCN1C(=O)[C@@H]1CCC[C@@H]1CN. The molecule has 1 amide bonds. The number of carbonyl (C=O) groups excluding carboxylic acids is 1. The summed E-state index contributed by atoms with van der Waals surface area (Å²) in [5, 5.41) is 0. The van der Waals surface area contributed by atoms with Crippen LogP contribution in [0.25, 0.3) is 0 Å². The van der Waals surface area contributed by atoms with Gasteiger partial charge in [0, 0.05) is 18.5 Å². The third-order valence-electron chi connectivity index (χ3n) is 4.69. The molecule has 2 rings (SSSR count). The maximum Gasteiger partial charge on any atom is 0.226 e. The maximum absolute atomic E-state index is 12.7. The van der Waals surface area contributed by atoms with Crippen molar-refractivity contribution < 1.29 is 4.79 Å². The third-order valence-corrected chi connectivity index (χ3v) is 4.69. The summed E-state index contributed by atoms with van der Waals surface area (Å²) in [6, 6.07) is 0.385. The van der Waals surface area contributed by atoms with Gasteiger partial charge in [-0.2, -0.15) is 0 Å². The molecule has 1 aliphatic carbocycles. The van der Waals surface area contributed by atoms with Gasteiger partial charge in [-0.3, -0.25) is 4.79 Å². The molecule has 4 nitrogen and oxygen atoms in total. The number of likely N-dealkylation sites (tertiary alicyclic amines) is 1. The fraction of sp³-hybridized carbons (Fsp3) is 0.929. The molecule has 4 heteroatoms. The van der Waals surface area contributed by atoms with Crippen molar-refractivity contribution in [2.24, 2.45) is 23.3 Å². The fourth-order valence-corrected chi connectivity index (χ4v) is 3.64. The normalized spacial score (nSPS) is 32.8. The molecule has 1 unspecified atom stereocenters. The summed E-state index contributed by atoms with van der Waals surface area (Å²) in [6.07, 6.45) is 7.78. The van der Waals surface area contributed by atoms with Gasteiger partial charge in [0.15, 0.2) is 0 Å². The summed E-state index contributed by atoms with van der Waals surface area (Å²) in [5.41, 5.74) is 11.5. The Bertz CT molecular complexity index is 280. The van der Waals surface area contributed by atoms with Crippen molar-refractivity contribution in [1.82, 2.24) is 4.90 Å². The highest BCUT2D eigenvalue weighted by Crippen LogP contribution is 2.34. The summed E-state index contributed by atoms with van der Waals surface area (Å²) < 4.78 is 0. The smallest absolute Gasteiger partial charge is 0.226 e. The monoisotopic (exact) mass is 253 g/mol. The zero-order valence-electron chi connectivity index (χ0n) is 11.3. The summed E-state index contributed by atoms with van der Waals surface area (Å²) in [7, 11) is 0. The Morgan fingerprint density at radius 2 is 1.94 bits per heavy atom. The Morgan fingerprint density at radius 1 is 1.11 bits per heavy atom. The topological polar surface area (TPSA) is 72.3 Å². The molecule has 2 aliphatic rings. The lowest BCUT2D eigenvalue weighted by molar-refractivity contribution is -0.140. The molecular formula is C14H27N3O. The van der Waals surface area contributed by atoms with Crippen molar-refractivity contribution in [3.63, 3.8) is 0 Å². The van der Waals surface area contributed by atoms with Crippen LogP contribution in [0.1, 0.15) is 44.9 Å². The van der Waals surface area contributed by atoms with E-state index in [1.165, 1.54) is 6.42 Å². The molecule has 0 spiro atoms. The Balaban J connectivity index is 2.01. The zero-order chi connectivity index (χ0) is 13.0. The predicted octanol–water partition coefficient (Wildman–Crippen LogP) is 1.09. The summed E-state index contributed by atoms with van der Waals surface area (Å²) in [5.74, 6) is 0.965. The van der Waals surface area contributed by atoms with Crippen LogP contribution in [0.5, 0.6) is 0 Å². The number of nitrogens with zero attached hydrogens (tertiary/aromatic N) is 1. The van der Waals surface area contributed by atoms with E-state index in [1.54, 1.807) is 0 Å². The predicted molar refractivity (Wildman–Crippen MR) is 72.9 cm³/mol. The Kier molecular flexibility index (Phi) is 5.01. The minimum Gasteiger partial charge on any atom is -0.339 e. The standard InChI is InChI=1S/C14H27N3O/c15-8-7-12-5-1-2-9-17(12)14(18)13-6-3-4-11(13)10-16/h11-13H,1-10,15-16H2/t11-,12?,13-/m1/s1. The molecule has 1 saturated heterocycles. The van der Waals surface area contributed by atoms with Gasteiger partial charge in [0.25, 0.3) is 0 Å². The quantitative estimate of drug-likeness (QED) is 0.788. The van der Waals surface area contributed by atoms with E-state index in [2.05, 4.69) is 4.90 Å². The van der Waals surface area contributed by atoms with Crippen molar-refractivity contribution in [3.8, 4) is 0 Å². The van der Waals surface area contributed by atoms with Gasteiger partial charge in [-0.1, -0.05) is 6.42 Å². The highest BCUT2D eigenvalue weighted by atomic mass is 16.2. The van der Waals surface area contributed by atoms with E-state index >= 15 is 0 Å². The lowest BCUT2D eigenvalue weighted by atomic mass is 9.91. The number of carbonyl (C=O) groups is 1. The number of hydrogen-bond donors (Lipinski definition) is 2. The molecule has 1 saturated carbocycles. The average molecular weight is 253 g/mol. The molecule has 18 heavy (non-hydrogen) atoms. The lowest BCUT2D eigenvalue weighted by Crippen LogP contribution is -2.48. The van der Waals surface area contributed by atoms with Gasteiger partial charge in [0.05, 0.1) is 0 Å². The first-order valence-corrected chi connectivity index (χ1v) is 7.48. The number of piperidine rings is 1. The molecule has 1 heterocycles. The molecule has 104 valence electrons. The second-order valence-corrected chi connectivity index (χ2v) is 5.79. The molecule has 0 aromatic rings.